The van der Waals surface area contributed by atoms with E-state index in [9.17, 15) is 4.79 Å². The van der Waals surface area contributed by atoms with Gasteiger partial charge in [0, 0.05) is 11.1 Å². The quantitative estimate of drug-likeness (QED) is 0.363. The van der Waals surface area contributed by atoms with E-state index in [-0.39, 0.29) is 0 Å². The number of halogens is 1. The van der Waals surface area contributed by atoms with E-state index >= 15 is 0 Å². The van der Waals surface area contributed by atoms with Crippen LogP contribution in [0.4, 0.5) is 5.69 Å². The molecule has 0 spiro atoms. The summed E-state index contributed by atoms with van der Waals surface area (Å²) in [7, 11) is 1.32. The molecule has 1 rings (SSSR count). The van der Waals surface area contributed by atoms with Crippen LogP contribution in [-0.2, 0) is 9.53 Å². The molecule has 0 atom stereocenters. The molecule has 0 aliphatic carbocycles. The van der Waals surface area contributed by atoms with Gasteiger partial charge in [0.15, 0.2) is 0 Å². The Hall–Kier alpha value is -1.48. The SMILES string of the molecule is COC(=O)C=C(C)c1cc(N=C=S)ccc1Cl. The highest BCUT2D eigenvalue weighted by Crippen LogP contribution is 2.28. The molecule has 0 N–H and O–H groups in total. The zero-order chi connectivity index (χ0) is 12.8. The molecule has 1 aromatic carbocycles. The van der Waals surface area contributed by atoms with E-state index < -0.39 is 5.97 Å². The first kappa shape index (κ1) is 13.6. The van der Waals surface area contributed by atoms with Crippen molar-refractivity contribution in [3.8, 4) is 0 Å². The van der Waals surface area contributed by atoms with Crippen molar-refractivity contribution in [2.75, 3.05) is 7.11 Å². The number of aliphatic imine (C=N–C) groups is 1. The lowest BCUT2D eigenvalue weighted by molar-refractivity contribution is -0.134. The zero-order valence-electron chi connectivity index (χ0n) is 9.36. The van der Waals surface area contributed by atoms with Crippen LogP contribution in [0.2, 0.25) is 5.02 Å². The molecule has 88 valence electrons. The van der Waals surface area contributed by atoms with Crippen molar-refractivity contribution in [2.24, 2.45) is 4.99 Å². The Bertz CT molecular complexity index is 519. The number of benzene rings is 1. The van der Waals surface area contributed by atoms with Gasteiger partial charge < -0.3 is 4.74 Å². The molecule has 0 aromatic heterocycles. The lowest BCUT2D eigenvalue weighted by Crippen LogP contribution is -1.96. The topological polar surface area (TPSA) is 38.7 Å². The Labute approximate surface area is 110 Å². The molecule has 5 heteroatoms. The molecule has 0 saturated carbocycles. The number of carbonyl (C=O) groups is 1. The van der Waals surface area contributed by atoms with Crippen molar-refractivity contribution in [2.45, 2.75) is 6.92 Å². The molecule has 17 heavy (non-hydrogen) atoms. The van der Waals surface area contributed by atoms with Gasteiger partial charge in [-0.25, -0.2) is 4.79 Å². The van der Waals surface area contributed by atoms with E-state index in [1.807, 2.05) is 0 Å². The summed E-state index contributed by atoms with van der Waals surface area (Å²) in [5.41, 5.74) is 2.05. The molecule has 1 aromatic rings. The van der Waals surface area contributed by atoms with Gasteiger partial charge in [-0.15, -0.1) is 0 Å². The molecule has 0 bridgehead atoms. The number of isothiocyanates is 1. The maximum Gasteiger partial charge on any atom is 0.330 e. The third-order valence-corrected chi connectivity index (χ3v) is 2.51. The number of nitrogens with zero attached hydrogens (tertiary/aromatic N) is 1. The second-order valence-corrected chi connectivity index (χ2v) is 3.81. The molecule has 0 radical (unpaired) electrons. The first-order chi connectivity index (χ1) is 8.08. The minimum atomic E-state index is -0.428. The highest BCUT2D eigenvalue weighted by atomic mass is 35.5. The minimum absolute atomic E-state index is 0.428. The van der Waals surface area contributed by atoms with Gasteiger partial charge in [0.05, 0.1) is 18.0 Å². The molecular weight excluding hydrogens is 258 g/mol. The maximum absolute atomic E-state index is 11.1. The summed E-state index contributed by atoms with van der Waals surface area (Å²) in [6.45, 7) is 1.77. The number of allylic oxidation sites excluding steroid dienone is 1. The van der Waals surface area contributed by atoms with Gasteiger partial charge >= 0.3 is 5.97 Å². The molecule has 0 heterocycles. The molecule has 0 unspecified atom stereocenters. The summed E-state index contributed by atoms with van der Waals surface area (Å²) in [4.78, 5) is 15.0. The highest BCUT2D eigenvalue weighted by molar-refractivity contribution is 7.78. The van der Waals surface area contributed by atoms with Gasteiger partial charge in [-0.05, 0) is 48.5 Å². The Balaban J connectivity index is 3.20. The fourth-order valence-corrected chi connectivity index (χ4v) is 1.62. The Kier molecular flexibility index (Phi) is 5.04. The lowest BCUT2D eigenvalue weighted by atomic mass is 10.1. The van der Waals surface area contributed by atoms with Crippen molar-refractivity contribution >= 4 is 46.2 Å². The number of ether oxygens (including phenoxy) is 1. The van der Waals surface area contributed by atoms with E-state index in [4.69, 9.17) is 11.6 Å². The van der Waals surface area contributed by atoms with E-state index in [2.05, 4.69) is 27.1 Å². The van der Waals surface area contributed by atoms with Crippen LogP contribution < -0.4 is 0 Å². The fraction of sp³-hybridized carbons (Fsp3) is 0.167. The summed E-state index contributed by atoms with van der Waals surface area (Å²) in [6, 6.07) is 5.14. The van der Waals surface area contributed by atoms with Gasteiger partial charge in [-0.1, -0.05) is 11.6 Å². The lowest BCUT2D eigenvalue weighted by Gasteiger charge is -2.05. The van der Waals surface area contributed by atoms with E-state index in [1.165, 1.54) is 13.2 Å². The average Bonchev–Trinajstić information content (AvgIpc) is 2.31. The largest absolute Gasteiger partial charge is 0.466 e. The van der Waals surface area contributed by atoms with Gasteiger partial charge in [-0.2, -0.15) is 4.99 Å². The summed E-state index contributed by atoms with van der Waals surface area (Å²) < 4.78 is 4.55. The number of thiocarbonyl (C=S) groups is 1. The second-order valence-electron chi connectivity index (χ2n) is 3.22. The van der Waals surface area contributed by atoms with Crippen LogP contribution in [0.25, 0.3) is 5.57 Å². The summed E-state index contributed by atoms with van der Waals surface area (Å²) >= 11 is 10.6. The first-order valence-corrected chi connectivity index (χ1v) is 5.51. The van der Waals surface area contributed by atoms with Crippen molar-refractivity contribution in [3.63, 3.8) is 0 Å². The number of hydrogen-bond donors (Lipinski definition) is 0. The number of carbonyl (C=O) groups excluding carboxylic acids is 1. The highest BCUT2D eigenvalue weighted by Gasteiger charge is 2.06. The molecule has 0 aliphatic rings. The molecule has 0 fully saturated rings. The van der Waals surface area contributed by atoms with Crippen molar-refractivity contribution in [1.82, 2.24) is 0 Å². The van der Waals surface area contributed by atoms with Gasteiger partial charge in [0.1, 0.15) is 0 Å². The van der Waals surface area contributed by atoms with Gasteiger partial charge in [0.2, 0.25) is 0 Å². The van der Waals surface area contributed by atoms with Crippen LogP contribution in [0, 0.1) is 0 Å². The predicted octanol–water partition coefficient (Wildman–Crippen LogP) is 3.65. The summed E-state index contributed by atoms with van der Waals surface area (Å²) in [6.07, 6.45) is 1.37. The Morgan fingerprint density at radius 1 is 1.59 bits per heavy atom. The summed E-state index contributed by atoms with van der Waals surface area (Å²) in [5.74, 6) is -0.428. The average molecular weight is 268 g/mol. The minimum Gasteiger partial charge on any atom is -0.466 e. The smallest absolute Gasteiger partial charge is 0.330 e. The number of methoxy groups -OCH3 is 1. The van der Waals surface area contributed by atoms with E-state index in [0.29, 0.717) is 21.8 Å². The van der Waals surface area contributed by atoms with Crippen molar-refractivity contribution in [1.29, 1.82) is 0 Å². The van der Waals surface area contributed by atoms with Crippen LogP contribution in [0.5, 0.6) is 0 Å². The third-order valence-electron chi connectivity index (χ3n) is 2.09. The Morgan fingerprint density at radius 2 is 2.29 bits per heavy atom. The van der Waals surface area contributed by atoms with Crippen molar-refractivity contribution < 1.29 is 9.53 Å². The second kappa shape index (κ2) is 6.30. The molecule has 0 aliphatic heterocycles. The predicted molar refractivity (Wildman–Crippen MR) is 71.8 cm³/mol. The monoisotopic (exact) mass is 267 g/mol. The maximum atomic E-state index is 11.1. The zero-order valence-corrected chi connectivity index (χ0v) is 10.9. The number of hydrogen-bond acceptors (Lipinski definition) is 4. The molecule has 0 saturated heterocycles. The number of rotatable bonds is 3. The van der Waals surface area contributed by atoms with Gasteiger partial charge in [-0.3, -0.25) is 0 Å². The summed E-state index contributed by atoms with van der Waals surface area (Å²) in [5, 5.41) is 2.81. The molecule has 3 nitrogen and oxygen atoms in total. The molecular formula is C12H10ClNO2S. The number of esters is 1. The fourth-order valence-electron chi connectivity index (χ4n) is 1.25. The standard InChI is InChI=1S/C12H10ClNO2S/c1-8(5-12(15)16-2)10-6-9(14-7-17)3-4-11(10)13/h3-6H,1-2H3. The first-order valence-electron chi connectivity index (χ1n) is 4.72. The van der Waals surface area contributed by atoms with Crippen LogP contribution in [0.15, 0.2) is 29.3 Å². The normalized spacial score (nSPS) is 10.6. The van der Waals surface area contributed by atoms with Gasteiger partial charge in [0.25, 0.3) is 0 Å². The van der Waals surface area contributed by atoms with Crippen LogP contribution in [-0.4, -0.2) is 18.2 Å². The van der Waals surface area contributed by atoms with E-state index in [1.54, 1.807) is 25.1 Å². The Morgan fingerprint density at radius 3 is 2.88 bits per heavy atom. The van der Waals surface area contributed by atoms with Crippen LogP contribution >= 0.6 is 23.8 Å². The van der Waals surface area contributed by atoms with Crippen LogP contribution in [0.3, 0.4) is 0 Å². The molecule has 0 amide bonds. The van der Waals surface area contributed by atoms with E-state index in [0.717, 1.165) is 0 Å². The third kappa shape index (κ3) is 3.79. The van der Waals surface area contributed by atoms with Crippen molar-refractivity contribution in [3.05, 3.63) is 34.9 Å². The van der Waals surface area contributed by atoms with Crippen LogP contribution in [0.1, 0.15) is 12.5 Å².